The molecular formula is C15H24N2O3S. The van der Waals surface area contributed by atoms with Crippen molar-refractivity contribution in [2.75, 3.05) is 19.7 Å². The fourth-order valence-electron chi connectivity index (χ4n) is 2.43. The lowest BCUT2D eigenvalue weighted by Crippen LogP contribution is -2.50. The van der Waals surface area contributed by atoms with Gasteiger partial charge in [-0.15, -0.1) is 0 Å². The second kappa shape index (κ2) is 6.87. The molecule has 1 aromatic carbocycles. The van der Waals surface area contributed by atoms with Crippen molar-refractivity contribution in [2.24, 2.45) is 0 Å². The zero-order chi connectivity index (χ0) is 15.5. The predicted octanol–water partition coefficient (Wildman–Crippen LogP) is 1.59. The van der Waals surface area contributed by atoms with Gasteiger partial charge in [0.2, 0.25) is 10.0 Å². The minimum absolute atomic E-state index is 0.0686. The maximum atomic E-state index is 12.8. The lowest BCUT2D eigenvalue weighted by Gasteiger charge is -2.35. The van der Waals surface area contributed by atoms with Crippen molar-refractivity contribution >= 4 is 10.0 Å². The molecule has 1 heterocycles. The molecule has 0 saturated carbocycles. The van der Waals surface area contributed by atoms with Crippen molar-refractivity contribution < 1.29 is 13.2 Å². The van der Waals surface area contributed by atoms with E-state index < -0.39 is 10.0 Å². The molecule has 1 aliphatic rings. The fourth-order valence-corrected chi connectivity index (χ4v) is 4.19. The van der Waals surface area contributed by atoms with Crippen LogP contribution in [-0.2, 0) is 21.3 Å². The van der Waals surface area contributed by atoms with E-state index in [4.69, 9.17) is 4.74 Å². The molecule has 118 valence electrons. The summed E-state index contributed by atoms with van der Waals surface area (Å²) in [6.07, 6.45) is -0.0686. The molecule has 0 aromatic heterocycles. The largest absolute Gasteiger partial charge is 0.375 e. The molecule has 2 rings (SSSR count). The molecule has 1 N–H and O–H groups in total. The van der Waals surface area contributed by atoms with Gasteiger partial charge in [-0.2, -0.15) is 4.31 Å². The Balaban J connectivity index is 2.26. The Morgan fingerprint density at radius 1 is 1.38 bits per heavy atom. The van der Waals surface area contributed by atoms with Crippen LogP contribution in [-0.4, -0.2) is 44.6 Å². The van der Waals surface area contributed by atoms with Crippen LogP contribution >= 0.6 is 0 Å². The van der Waals surface area contributed by atoms with Crippen molar-refractivity contribution in [3.8, 4) is 0 Å². The quantitative estimate of drug-likeness (QED) is 0.897. The summed E-state index contributed by atoms with van der Waals surface area (Å²) in [6, 6.07) is 7.02. The number of rotatable bonds is 5. The van der Waals surface area contributed by atoms with Gasteiger partial charge in [-0.05, 0) is 38.1 Å². The average molecular weight is 312 g/mol. The highest BCUT2D eigenvalue weighted by atomic mass is 32.2. The van der Waals surface area contributed by atoms with Crippen LogP contribution in [0, 0.1) is 0 Å². The third-order valence-electron chi connectivity index (χ3n) is 3.63. The van der Waals surface area contributed by atoms with Crippen LogP contribution in [0.3, 0.4) is 0 Å². The third-order valence-corrected chi connectivity index (χ3v) is 5.61. The van der Waals surface area contributed by atoms with Crippen molar-refractivity contribution in [3.05, 3.63) is 29.8 Å². The van der Waals surface area contributed by atoms with E-state index in [1.807, 2.05) is 26.8 Å². The molecule has 0 bridgehead atoms. The Labute approximate surface area is 127 Å². The van der Waals surface area contributed by atoms with Crippen LogP contribution in [0.25, 0.3) is 0 Å². The summed E-state index contributed by atoms with van der Waals surface area (Å²) < 4.78 is 32.7. The summed E-state index contributed by atoms with van der Waals surface area (Å²) in [5.41, 5.74) is 0.979. The van der Waals surface area contributed by atoms with E-state index in [2.05, 4.69) is 5.32 Å². The first-order chi connectivity index (χ1) is 9.95. The molecule has 0 radical (unpaired) electrons. The van der Waals surface area contributed by atoms with Gasteiger partial charge in [-0.25, -0.2) is 8.42 Å². The van der Waals surface area contributed by atoms with Crippen LogP contribution < -0.4 is 5.32 Å². The number of morpholine rings is 1. The second-order valence-corrected chi connectivity index (χ2v) is 7.39. The van der Waals surface area contributed by atoms with Gasteiger partial charge < -0.3 is 10.1 Å². The van der Waals surface area contributed by atoms with Crippen LogP contribution in [0.1, 0.15) is 26.3 Å². The first-order valence-electron chi connectivity index (χ1n) is 7.38. The number of hydrogen-bond donors (Lipinski definition) is 1. The molecule has 0 spiro atoms. The Bertz CT molecular complexity index is 574. The molecule has 0 amide bonds. The number of nitrogens with one attached hydrogen (secondary N) is 1. The summed E-state index contributed by atoms with van der Waals surface area (Å²) in [5.74, 6) is 0. The van der Waals surface area contributed by atoms with Crippen LogP contribution in [0.4, 0.5) is 0 Å². The van der Waals surface area contributed by atoms with Crippen molar-refractivity contribution in [1.82, 2.24) is 9.62 Å². The number of benzene rings is 1. The van der Waals surface area contributed by atoms with Crippen molar-refractivity contribution in [3.63, 3.8) is 0 Å². The van der Waals surface area contributed by atoms with Crippen molar-refractivity contribution in [1.29, 1.82) is 0 Å². The fraction of sp³-hybridized carbons (Fsp3) is 0.600. The molecule has 2 unspecified atom stereocenters. The zero-order valence-corrected chi connectivity index (χ0v) is 13.7. The van der Waals surface area contributed by atoms with Gasteiger partial charge >= 0.3 is 0 Å². The Morgan fingerprint density at radius 2 is 2.14 bits per heavy atom. The summed E-state index contributed by atoms with van der Waals surface area (Å²) >= 11 is 0. The van der Waals surface area contributed by atoms with E-state index in [9.17, 15) is 8.42 Å². The normalized spacial score (nSPS) is 24.1. The second-order valence-electron chi connectivity index (χ2n) is 5.50. The van der Waals surface area contributed by atoms with Crippen molar-refractivity contribution in [2.45, 2.75) is 44.4 Å². The van der Waals surface area contributed by atoms with Gasteiger partial charge in [0, 0.05) is 19.1 Å². The maximum absolute atomic E-state index is 12.8. The SMILES string of the molecule is CCNCc1cccc(S(=O)(=O)N2CC(C)OCC2C)c1. The number of hydrogen-bond acceptors (Lipinski definition) is 4. The van der Waals surface area contributed by atoms with Gasteiger partial charge in [0.05, 0.1) is 17.6 Å². The molecule has 6 heteroatoms. The molecule has 1 saturated heterocycles. The van der Waals surface area contributed by atoms with Crippen LogP contribution in [0.15, 0.2) is 29.2 Å². The average Bonchev–Trinajstić information content (AvgIpc) is 2.48. The van der Waals surface area contributed by atoms with Gasteiger partial charge in [-0.1, -0.05) is 19.1 Å². The topological polar surface area (TPSA) is 58.6 Å². The summed E-state index contributed by atoms with van der Waals surface area (Å²) in [6.45, 7) is 8.18. The smallest absolute Gasteiger partial charge is 0.243 e. The molecule has 1 fully saturated rings. The predicted molar refractivity (Wildman–Crippen MR) is 82.6 cm³/mol. The van der Waals surface area contributed by atoms with Gasteiger partial charge in [0.15, 0.2) is 0 Å². The molecular weight excluding hydrogens is 288 g/mol. The van der Waals surface area contributed by atoms with E-state index in [1.165, 1.54) is 0 Å². The number of sulfonamides is 1. The zero-order valence-electron chi connectivity index (χ0n) is 12.9. The van der Waals surface area contributed by atoms with Crippen LogP contribution in [0.2, 0.25) is 0 Å². The first-order valence-corrected chi connectivity index (χ1v) is 8.82. The minimum Gasteiger partial charge on any atom is -0.375 e. The maximum Gasteiger partial charge on any atom is 0.243 e. The lowest BCUT2D eigenvalue weighted by molar-refractivity contribution is -0.0170. The lowest BCUT2D eigenvalue weighted by atomic mass is 10.2. The summed E-state index contributed by atoms with van der Waals surface area (Å²) in [5, 5.41) is 3.21. The standard InChI is InChI=1S/C15H24N2O3S/c1-4-16-9-14-6-5-7-15(8-14)21(18,19)17-10-13(3)20-11-12(17)2/h5-8,12-13,16H,4,9-11H2,1-3H3. The van der Waals surface area contributed by atoms with Gasteiger partial charge in [0.25, 0.3) is 0 Å². The monoisotopic (exact) mass is 312 g/mol. The number of nitrogens with zero attached hydrogens (tertiary/aromatic N) is 1. The molecule has 1 aliphatic heterocycles. The highest BCUT2D eigenvalue weighted by molar-refractivity contribution is 7.89. The molecule has 1 aromatic rings. The third kappa shape index (κ3) is 3.83. The van der Waals surface area contributed by atoms with E-state index in [0.717, 1.165) is 12.1 Å². The van der Waals surface area contributed by atoms with E-state index in [-0.39, 0.29) is 12.1 Å². The molecule has 5 nitrogen and oxygen atoms in total. The summed E-state index contributed by atoms with van der Waals surface area (Å²) in [4.78, 5) is 0.360. The Morgan fingerprint density at radius 3 is 2.86 bits per heavy atom. The summed E-state index contributed by atoms with van der Waals surface area (Å²) in [7, 11) is -3.47. The van der Waals surface area contributed by atoms with Gasteiger partial charge in [0.1, 0.15) is 0 Å². The van der Waals surface area contributed by atoms with Crippen LogP contribution in [0.5, 0.6) is 0 Å². The molecule has 2 atom stereocenters. The van der Waals surface area contributed by atoms with Gasteiger partial charge in [-0.3, -0.25) is 0 Å². The first kappa shape index (κ1) is 16.4. The minimum atomic E-state index is -3.47. The molecule has 0 aliphatic carbocycles. The van der Waals surface area contributed by atoms with E-state index in [0.29, 0.717) is 24.6 Å². The molecule has 21 heavy (non-hydrogen) atoms. The van der Waals surface area contributed by atoms with E-state index in [1.54, 1.807) is 22.5 Å². The Hall–Kier alpha value is -0.950. The Kier molecular flexibility index (Phi) is 5.37. The van der Waals surface area contributed by atoms with E-state index >= 15 is 0 Å². The number of ether oxygens (including phenoxy) is 1. The highest BCUT2D eigenvalue weighted by Gasteiger charge is 2.34. The highest BCUT2D eigenvalue weighted by Crippen LogP contribution is 2.23.